The molecule has 0 aromatic carbocycles. The largest absolute Gasteiger partial charge is 0.444 e. The summed E-state index contributed by atoms with van der Waals surface area (Å²) >= 11 is 0. The number of carbonyl (C=O) groups excluding carboxylic acids is 4. The lowest BCUT2D eigenvalue weighted by molar-refractivity contribution is -0.200. The minimum Gasteiger partial charge on any atom is -0.444 e. The summed E-state index contributed by atoms with van der Waals surface area (Å²) in [4.78, 5) is 50.9. The van der Waals surface area contributed by atoms with Gasteiger partial charge in [-0.1, -0.05) is 13.3 Å². The van der Waals surface area contributed by atoms with Crippen molar-refractivity contribution in [2.45, 2.75) is 65.4 Å². The maximum Gasteiger partial charge on any atom is 0.407 e. The van der Waals surface area contributed by atoms with Gasteiger partial charge in [-0.3, -0.25) is 9.59 Å². The molecule has 1 heterocycles. The van der Waals surface area contributed by atoms with Crippen LogP contribution in [0, 0.1) is 5.92 Å². The van der Waals surface area contributed by atoms with Crippen LogP contribution < -0.4 is 5.32 Å². The summed E-state index contributed by atoms with van der Waals surface area (Å²) in [6.45, 7) is 7.48. The van der Waals surface area contributed by atoms with E-state index in [1.54, 1.807) is 27.7 Å². The maximum atomic E-state index is 11.9. The van der Waals surface area contributed by atoms with E-state index in [1.165, 1.54) is 0 Å². The number of hydrogen-bond donors (Lipinski definition) is 1. The number of carbonyl (C=O) groups is 4. The van der Waals surface area contributed by atoms with Gasteiger partial charge in [0.2, 0.25) is 0 Å². The zero-order chi connectivity index (χ0) is 18.3. The van der Waals surface area contributed by atoms with Crippen LogP contribution >= 0.6 is 0 Å². The van der Waals surface area contributed by atoms with Gasteiger partial charge in [-0.15, -0.1) is 5.06 Å². The lowest BCUT2D eigenvalue weighted by Gasteiger charge is -2.19. The molecule has 8 heteroatoms. The first-order valence-electron chi connectivity index (χ1n) is 8.14. The first kappa shape index (κ1) is 19.9. The van der Waals surface area contributed by atoms with Crippen molar-refractivity contribution < 1.29 is 28.8 Å². The van der Waals surface area contributed by atoms with E-state index in [0.29, 0.717) is 30.9 Å². The minimum absolute atomic E-state index is 0.0802. The van der Waals surface area contributed by atoms with E-state index >= 15 is 0 Å². The Bertz CT molecular complexity index is 481. The second-order valence-electron chi connectivity index (χ2n) is 6.82. The molecule has 1 N–H and O–H groups in total. The van der Waals surface area contributed by atoms with Crippen LogP contribution in [0.25, 0.3) is 0 Å². The van der Waals surface area contributed by atoms with Crippen LogP contribution in [0.5, 0.6) is 0 Å². The van der Waals surface area contributed by atoms with E-state index in [9.17, 15) is 19.2 Å². The molecule has 136 valence electrons. The summed E-state index contributed by atoms with van der Waals surface area (Å²) in [7, 11) is 0. The number of rotatable bonds is 7. The summed E-state index contributed by atoms with van der Waals surface area (Å²) in [5.74, 6) is -2.00. The Balaban J connectivity index is 2.18. The number of hydrogen-bond acceptors (Lipinski definition) is 6. The minimum atomic E-state index is -0.598. The molecule has 1 aliphatic heterocycles. The van der Waals surface area contributed by atoms with Crippen molar-refractivity contribution in [2.75, 3.05) is 6.54 Å². The second-order valence-corrected chi connectivity index (χ2v) is 6.82. The van der Waals surface area contributed by atoms with Crippen molar-refractivity contribution >= 4 is 23.9 Å². The Morgan fingerprint density at radius 2 is 1.75 bits per heavy atom. The Morgan fingerprint density at radius 1 is 1.17 bits per heavy atom. The lowest BCUT2D eigenvalue weighted by atomic mass is 10.0. The van der Waals surface area contributed by atoms with Crippen LogP contribution in [0.2, 0.25) is 0 Å². The fourth-order valence-corrected chi connectivity index (χ4v) is 2.04. The van der Waals surface area contributed by atoms with Gasteiger partial charge in [0, 0.05) is 19.4 Å². The number of alkyl carbamates (subject to hydrolysis) is 1. The van der Waals surface area contributed by atoms with Crippen LogP contribution in [0.4, 0.5) is 4.79 Å². The predicted molar refractivity (Wildman–Crippen MR) is 84.4 cm³/mol. The Labute approximate surface area is 141 Å². The molecule has 0 bridgehead atoms. The van der Waals surface area contributed by atoms with Gasteiger partial charge in [-0.05, 0) is 33.6 Å². The van der Waals surface area contributed by atoms with E-state index in [-0.39, 0.29) is 12.8 Å². The normalized spacial score (nSPS) is 16.1. The van der Waals surface area contributed by atoms with Crippen molar-refractivity contribution in [2.24, 2.45) is 5.92 Å². The molecule has 0 aromatic heterocycles. The highest BCUT2D eigenvalue weighted by molar-refractivity contribution is 6.01. The quantitative estimate of drug-likeness (QED) is 0.560. The van der Waals surface area contributed by atoms with Crippen molar-refractivity contribution in [1.29, 1.82) is 0 Å². The molecule has 3 amide bonds. The summed E-state index contributed by atoms with van der Waals surface area (Å²) in [6.07, 6.45) is 1.59. The van der Waals surface area contributed by atoms with E-state index < -0.39 is 35.4 Å². The standard InChI is InChI=1S/C16H26N2O6/c1-11(14(21)24-18-12(19)8-9-13(18)20)7-5-6-10-17-15(22)23-16(2,3)4/h11H,5-10H2,1-4H3,(H,17,22)/t11-/m0/s1. The van der Waals surface area contributed by atoms with Crippen LogP contribution in [0.3, 0.4) is 0 Å². The van der Waals surface area contributed by atoms with E-state index in [1.807, 2.05) is 0 Å². The fourth-order valence-electron chi connectivity index (χ4n) is 2.04. The third-order valence-corrected chi connectivity index (χ3v) is 3.32. The molecule has 1 saturated heterocycles. The highest BCUT2D eigenvalue weighted by atomic mass is 16.7. The number of imide groups is 1. The first-order valence-corrected chi connectivity index (χ1v) is 8.14. The average Bonchev–Trinajstić information content (AvgIpc) is 2.76. The average molecular weight is 342 g/mol. The maximum absolute atomic E-state index is 11.9. The van der Waals surface area contributed by atoms with E-state index in [4.69, 9.17) is 9.57 Å². The monoisotopic (exact) mass is 342 g/mol. The molecule has 0 spiro atoms. The van der Waals surface area contributed by atoms with Crippen molar-refractivity contribution in [1.82, 2.24) is 10.4 Å². The third-order valence-electron chi connectivity index (χ3n) is 3.32. The number of amides is 3. The summed E-state index contributed by atoms with van der Waals surface area (Å²) in [5, 5.41) is 3.20. The van der Waals surface area contributed by atoms with Gasteiger partial charge >= 0.3 is 12.1 Å². The molecule has 0 radical (unpaired) electrons. The molecule has 1 rings (SSSR count). The molecular formula is C16H26N2O6. The number of nitrogens with one attached hydrogen (secondary N) is 1. The highest BCUT2D eigenvalue weighted by Crippen LogP contribution is 2.16. The summed E-state index contributed by atoms with van der Waals surface area (Å²) in [6, 6.07) is 0. The molecule has 0 aliphatic carbocycles. The van der Waals surface area contributed by atoms with Gasteiger partial charge in [0.1, 0.15) is 5.60 Å². The second kappa shape index (κ2) is 8.65. The Morgan fingerprint density at radius 3 is 2.29 bits per heavy atom. The fraction of sp³-hybridized carbons (Fsp3) is 0.750. The SMILES string of the molecule is C[C@@H](CCCCNC(=O)OC(C)(C)C)C(=O)ON1C(=O)CCC1=O. The number of unbranched alkanes of at least 4 members (excludes halogenated alkanes) is 1. The van der Waals surface area contributed by atoms with Crippen molar-refractivity contribution in [3.8, 4) is 0 Å². The first-order chi connectivity index (χ1) is 11.1. The Hall–Kier alpha value is -2.12. The summed E-state index contributed by atoms with van der Waals surface area (Å²) in [5.41, 5.74) is -0.535. The smallest absolute Gasteiger partial charge is 0.407 e. The molecule has 1 fully saturated rings. The Kier molecular flexibility index (Phi) is 7.18. The van der Waals surface area contributed by atoms with Crippen LogP contribution in [0.1, 0.15) is 59.8 Å². The predicted octanol–water partition coefficient (Wildman–Crippen LogP) is 1.92. The molecule has 0 unspecified atom stereocenters. The molecule has 1 aliphatic rings. The molecule has 8 nitrogen and oxygen atoms in total. The molecule has 1 atom stereocenters. The zero-order valence-corrected chi connectivity index (χ0v) is 14.7. The van der Waals surface area contributed by atoms with Gasteiger partial charge in [0.15, 0.2) is 0 Å². The van der Waals surface area contributed by atoms with Crippen molar-refractivity contribution in [3.63, 3.8) is 0 Å². The highest BCUT2D eigenvalue weighted by Gasteiger charge is 2.33. The van der Waals surface area contributed by atoms with Gasteiger partial charge in [0.25, 0.3) is 11.8 Å². The van der Waals surface area contributed by atoms with Gasteiger partial charge < -0.3 is 14.9 Å². The zero-order valence-electron chi connectivity index (χ0n) is 14.7. The van der Waals surface area contributed by atoms with Crippen LogP contribution in [-0.4, -0.2) is 41.1 Å². The van der Waals surface area contributed by atoms with E-state index in [2.05, 4.69) is 5.32 Å². The van der Waals surface area contributed by atoms with Crippen LogP contribution in [-0.2, 0) is 24.0 Å². The molecular weight excluding hydrogens is 316 g/mol. The molecule has 0 aromatic rings. The van der Waals surface area contributed by atoms with Crippen molar-refractivity contribution in [3.05, 3.63) is 0 Å². The lowest BCUT2D eigenvalue weighted by Crippen LogP contribution is -2.34. The number of nitrogens with zero attached hydrogens (tertiary/aromatic N) is 1. The van der Waals surface area contributed by atoms with Gasteiger partial charge in [-0.25, -0.2) is 9.59 Å². The van der Waals surface area contributed by atoms with Gasteiger partial charge in [0.05, 0.1) is 5.92 Å². The number of hydroxylamine groups is 2. The topological polar surface area (TPSA) is 102 Å². The summed E-state index contributed by atoms with van der Waals surface area (Å²) < 4.78 is 5.10. The third kappa shape index (κ3) is 6.97. The van der Waals surface area contributed by atoms with Gasteiger partial charge in [-0.2, -0.15) is 0 Å². The number of ether oxygens (including phenoxy) is 1. The molecule has 0 saturated carbocycles. The van der Waals surface area contributed by atoms with Crippen LogP contribution in [0.15, 0.2) is 0 Å². The van der Waals surface area contributed by atoms with E-state index in [0.717, 1.165) is 0 Å². The molecule has 24 heavy (non-hydrogen) atoms.